The highest BCUT2D eigenvalue weighted by Crippen LogP contribution is 2.30. The van der Waals surface area contributed by atoms with Crippen LogP contribution in [-0.2, 0) is 0 Å². The Morgan fingerprint density at radius 2 is 2.26 bits per heavy atom. The molecule has 0 aromatic carbocycles. The Bertz CT molecular complexity index is 462. The fourth-order valence-electron chi connectivity index (χ4n) is 2.56. The first kappa shape index (κ1) is 13.6. The van der Waals surface area contributed by atoms with E-state index in [-0.39, 0.29) is 11.8 Å². The Morgan fingerprint density at radius 3 is 2.95 bits per heavy atom. The molecule has 0 saturated heterocycles. The van der Waals surface area contributed by atoms with Crippen molar-refractivity contribution in [1.29, 1.82) is 0 Å². The molecule has 2 rings (SSSR count). The molecule has 5 heteroatoms. The van der Waals surface area contributed by atoms with Gasteiger partial charge in [0, 0.05) is 0 Å². The van der Waals surface area contributed by atoms with E-state index in [0.29, 0.717) is 17.5 Å². The van der Waals surface area contributed by atoms with Gasteiger partial charge in [0.05, 0.1) is 5.69 Å². The number of hydrogen-bond donors (Lipinski definition) is 2. The van der Waals surface area contributed by atoms with E-state index in [0.717, 1.165) is 12.8 Å². The Kier molecular flexibility index (Phi) is 4.24. The van der Waals surface area contributed by atoms with Gasteiger partial charge in [0.25, 0.3) is 5.91 Å². The second kappa shape index (κ2) is 5.91. The number of anilines is 1. The number of pyridine rings is 1. The molecule has 0 aliphatic heterocycles. The largest absolute Gasteiger partial charge is 0.473 e. The van der Waals surface area contributed by atoms with Crippen LogP contribution in [-0.4, -0.2) is 17.0 Å². The number of nitrogen functional groups attached to an aromatic ring is 1. The average molecular weight is 263 g/mol. The standard InChI is InChI=1S/C14H21N3O2/c1-2-9-4-3-5-10(8-9)19-14-11(15)6-7-12(17-14)13(16)18/h6-7,9-10H,2-5,8,15H2,1H3,(H2,16,18). The zero-order valence-electron chi connectivity index (χ0n) is 11.3. The number of aromatic nitrogens is 1. The second-order valence-electron chi connectivity index (χ2n) is 5.14. The summed E-state index contributed by atoms with van der Waals surface area (Å²) in [6, 6.07) is 3.13. The van der Waals surface area contributed by atoms with E-state index in [1.165, 1.54) is 25.3 Å². The first-order chi connectivity index (χ1) is 9.10. The number of carbonyl (C=O) groups excluding carboxylic acids is 1. The smallest absolute Gasteiger partial charge is 0.267 e. The van der Waals surface area contributed by atoms with Crippen LogP contribution in [0.1, 0.15) is 49.5 Å². The van der Waals surface area contributed by atoms with Crippen molar-refractivity contribution in [3.05, 3.63) is 17.8 Å². The van der Waals surface area contributed by atoms with Crippen LogP contribution in [0.2, 0.25) is 0 Å². The van der Waals surface area contributed by atoms with Crippen molar-refractivity contribution in [2.75, 3.05) is 5.73 Å². The maximum atomic E-state index is 11.1. The van der Waals surface area contributed by atoms with Crippen LogP contribution in [0, 0.1) is 5.92 Å². The fourth-order valence-corrected chi connectivity index (χ4v) is 2.56. The molecule has 1 fully saturated rings. The zero-order chi connectivity index (χ0) is 13.8. The number of nitrogens with zero attached hydrogens (tertiary/aromatic N) is 1. The van der Waals surface area contributed by atoms with Crippen LogP contribution in [0.15, 0.2) is 12.1 Å². The Hall–Kier alpha value is -1.78. The monoisotopic (exact) mass is 263 g/mol. The third kappa shape index (κ3) is 3.36. The summed E-state index contributed by atoms with van der Waals surface area (Å²) in [5.41, 5.74) is 11.7. The molecule has 2 atom stereocenters. The number of primary amides is 1. The lowest BCUT2D eigenvalue weighted by atomic mass is 9.85. The van der Waals surface area contributed by atoms with E-state index in [9.17, 15) is 4.79 Å². The van der Waals surface area contributed by atoms with E-state index in [2.05, 4.69) is 11.9 Å². The normalized spacial score (nSPS) is 23.0. The molecule has 5 nitrogen and oxygen atoms in total. The maximum Gasteiger partial charge on any atom is 0.267 e. The van der Waals surface area contributed by atoms with Crippen LogP contribution in [0.5, 0.6) is 5.88 Å². The number of rotatable bonds is 4. The highest BCUT2D eigenvalue weighted by molar-refractivity contribution is 5.91. The van der Waals surface area contributed by atoms with Crippen molar-refractivity contribution < 1.29 is 9.53 Å². The van der Waals surface area contributed by atoms with E-state index >= 15 is 0 Å². The minimum absolute atomic E-state index is 0.136. The van der Waals surface area contributed by atoms with E-state index in [1.807, 2.05) is 0 Å². The molecule has 2 unspecified atom stereocenters. The molecule has 1 aliphatic carbocycles. The predicted octanol–water partition coefficient (Wildman–Crippen LogP) is 2.11. The molecule has 1 amide bonds. The number of hydrogen-bond acceptors (Lipinski definition) is 4. The van der Waals surface area contributed by atoms with E-state index in [1.54, 1.807) is 6.07 Å². The van der Waals surface area contributed by atoms with E-state index in [4.69, 9.17) is 16.2 Å². The van der Waals surface area contributed by atoms with Crippen LogP contribution in [0.4, 0.5) is 5.69 Å². The van der Waals surface area contributed by atoms with Gasteiger partial charge in [0.1, 0.15) is 11.8 Å². The van der Waals surface area contributed by atoms with Gasteiger partial charge in [0.2, 0.25) is 5.88 Å². The summed E-state index contributed by atoms with van der Waals surface area (Å²) < 4.78 is 5.87. The van der Waals surface area contributed by atoms with Gasteiger partial charge in [-0.1, -0.05) is 19.8 Å². The summed E-state index contributed by atoms with van der Waals surface area (Å²) >= 11 is 0. The minimum atomic E-state index is -0.570. The third-order valence-corrected chi connectivity index (χ3v) is 3.73. The van der Waals surface area contributed by atoms with Gasteiger partial charge in [-0.3, -0.25) is 4.79 Å². The van der Waals surface area contributed by atoms with Gasteiger partial charge in [-0.2, -0.15) is 0 Å². The molecule has 1 aliphatic rings. The topological polar surface area (TPSA) is 91.2 Å². The Balaban J connectivity index is 2.09. The van der Waals surface area contributed by atoms with Crippen molar-refractivity contribution >= 4 is 11.6 Å². The predicted molar refractivity (Wildman–Crippen MR) is 73.8 cm³/mol. The maximum absolute atomic E-state index is 11.1. The lowest BCUT2D eigenvalue weighted by Gasteiger charge is -2.28. The minimum Gasteiger partial charge on any atom is -0.473 e. The van der Waals surface area contributed by atoms with Crippen molar-refractivity contribution in [3.8, 4) is 5.88 Å². The summed E-state index contributed by atoms with van der Waals surface area (Å²) in [6.07, 6.45) is 5.77. The first-order valence-corrected chi connectivity index (χ1v) is 6.83. The molecular formula is C14H21N3O2. The zero-order valence-corrected chi connectivity index (χ0v) is 11.3. The molecular weight excluding hydrogens is 242 g/mol. The number of carbonyl (C=O) groups is 1. The SMILES string of the molecule is CCC1CCCC(Oc2nc(C(N)=O)ccc2N)C1. The first-order valence-electron chi connectivity index (χ1n) is 6.83. The quantitative estimate of drug-likeness (QED) is 0.870. The van der Waals surface area contributed by atoms with Crippen molar-refractivity contribution in [1.82, 2.24) is 4.98 Å². The van der Waals surface area contributed by atoms with Gasteiger partial charge in [-0.25, -0.2) is 4.98 Å². The molecule has 1 aromatic heterocycles. The molecule has 0 radical (unpaired) electrons. The summed E-state index contributed by atoms with van der Waals surface area (Å²) in [6.45, 7) is 2.20. The highest BCUT2D eigenvalue weighted by atomic mass is 16.5. The fraction of sp³-hybridized carbons (Fsp3) is 0.571. The lowest BCUT2D eigenvalue weighted by Crippen LogP contribution is -2.26. The molecule has 0 spiro atoms. The van der Waals surface area contributed by atoms with Crippen LogP contribution >= 0.6 is 0 Å². The lowest BCUT2D eigenvalue weighted by molar-refractivity contribution is 0.0986. The molecule has 1 saturated carbocycles. The average Bonchev–Trinajstić information content (AvgIpc) is 2.41. The molecule has 104 valence electrons. The molecule has 4 N–H and O–H groups in total. The van der Waals surface area contributed by atoms with Crippen LogP contribution < -0.4 is 16.2 Å². The number of nitrogens with two attached hydrogens (primary N) is 2. The summed E-state index contributed by atoms with van der Waals surface area (Å²) in [4.78, 5) is 15.2. The molecule has 0 bridgehead atoms. The summed E-state index contributed by atoms with van der Waals surface area (Å²) in [5.74, 6) is 0.470. The van der Waals surface area contributed by atoms with Gasteiger partial charge >= 0.3 is 0 Å². The number of ether oxygens (including phenoxy) is 1. The highest BCUT2D eigenvalue weighted by Gasteiger charge is 2.23. The Labute approximate surface area is 113 Å². The van der Waals surface area contributed by atoms with Crippen molar-refractivity contribution in [2.24, 2.45) is 11.7 Å². The second-order valence-corrected chi connectivity index (χ2v) is 5.14. The number of amides is 1. The van der Waals surface area contributed by atoms with Gasteiger partial charge in [-0.05, 0) is 37.3 Å². The van der Waals surface area contributed by atoms with Gasteiger partial charge < -0.3 is 16.2 Å². The van der Waals surface area contributed by atoms with Crippen LogP contribution in [0.25, 0.3) is 0 Å². The molecule has 1 heterocycles. The summed E-state index contributed by atoms with van der Waals surface area (Å²) in [7, 11) is 0. The van der Waals surface area contributed by atoms with Crippen LogP contribution in [0.3, 0.4) is 0 Å². The molecule has 19 heavy (non-hydrogen) atoms. The third-order valence-electron chi connectivity index (χ3n) is 3.73. The van der Waals surface area contributed by atoms with Crippen molar-refractivity contribution in [2.45, 2.75) is 45.1 Å². The van der Waals surface area contributed by atoms with Gasteiger partial charge in [0.15, 0.2) is 0 Å². The van der Waals surface area contributed by atoms with Gasteiger partial charge in [-0.15, -0.1) is 0 Å². The summed E-state index contributed by atoms with van der Waals surface area (Å²) in [5, 5.41) is 0. The molecule has 1 aromatic rings. The Morgan fingerprint density at radius 1 is 1.47 bits per heavy atom. The van der Waals surface area contributed by atoms with Crippen molar-refractivity contribution in [3.63, 3.8) is 0 Å². The van der Waals surface area contributed by atoms with E-state index < -0.39 is 5.91 Å².